The van der Waals surface area contributed by atoms with Crippen LogP contribution in [0.3, 0.4) is 0 Å². The van der Waals surface area contributed by atoms with Crippen molar-refractivity contribution in [2.45, 2.75) is 76.3 Å². The molecule has 1 saturated carbocycles. The standard InChI is InChI=1S/C13H22O2/c1-2-4-7-10(6-3-1)11-8-5-9-12-13(14-11)15-12/h10-13H,1-9H2. The molecule has 0 radical (unpaired) electrons. The molecule has 3 unspecified atom stereocenters. The van der Waals surface area contributed by atoms with E-state index in [0.29, 0.717) is 12.2 Å². The smallest absolute Gasteiger partial charge is 0.184 e. The Morgan fingerprint density at radius 2 is 1.27 bits per heavy atom. The Kier molecular flexibility index (Phi) is 2.98. The monoisotopic (exact) mass is 210 g/mol. The first-order valence-electron chi connectivity index (χ1n) is 6.74. The second kappa shape index (κ2) is 4.42. The maximum absolute atomic E-state index is 6.06. The molecule has 0 aromatic heterocycles. The molecule has 0 N–H and O–H groups in total. The maximum atomic E-state index is 6.06. The van der Waals surface area contributed by atoms with Crippen LogP contribution >= 0.6 is 0 Å². The van der Waals surface area contributed by atoms with Gasteiger partial charge in [0.2, 0.25) is 0 Å². The van der Waals surface area contributed by atoms with Crippen LogP contribution in [0.1, 0.15) is 57.8 Å². The fourth-order valence-electron chi connectivity index (χ4n) is 3.24. The average molecular weight is 210 g/mol. The van der Waals surface area contributed by atoms with Gasteiger partial charge in [0.15, 0.2) is 6.29 Å². The Hall–Kier alpha value is -0.0800. The SMILES string of the molecule is C1CCCC(C2CCCC3OC3O2)CC1. The minimum Gasteiger partial charge on any atom is -0.346 e. The Balaban J connectivity index is 1.58. The largest absolute Gasteiger partial charge is 0.346 e. The molecule has 0 aromatic rings. The summed E-state index contributed by atoms with van der Waals surface area (Å²) in [4.78, 5) is 0. The highest BCUT2D eigenvalue weighted by atomic mass is 16.8. The van der Waals surface area contributed by atoms with E-state index in [1.165, 1.54) is 57.8 Å². The highest BCUT2D eigenvalue weighted by molar-refractivity contribution is 4.85. The molecule has 0 spiro atoms. The molecule has 86 valence electrons. The Bertz CT molecular complexity index is 209. The zero-order chi connectivity index (χ0) is 10.1. The van der Waals surface area contributed by atoms with Gasteiger partial charge in [-0.15, -0.1) is 0 Å². The molecule has 3 rings (SSSR count). The minimum absolute atomic E-state index is 0.181. The number of hydrogen-bond acceptors (Lipinski definition) is 2. The minimum atomic E-state index is 0.181. The Labute approximate surface area is 92.3 Å². The summed E-state index contributed by atoms with van der Waals surface area (Å²) in [5.41, 5.74) is 0. The predicted octanol–water partition coefficient (Wildman–Crippen LogP) is 3.25. The molecule has 0 amide bonds. The van der Waals surface area contributed by atoms with Crippen LogP contribution in [0.15, 0.2) is 0 Å². The van der Waals surface area contributed by atoms with Crippen molar-refractivity contribution in [1.29, 1.82) is 0 Å². The van der Waals surface area contributed by atoms with Crippen molar-refractivity contribution in [2.24, 2.45) is 5.92 Å². The molecule has 0 aromatic carbocycles. The summed E-state index contributed by atoms with van der Waals surface area (Å²) in [5.74, 6) is 0.829. The zero-order valence-corrected chi connectivity index (χ0v) is 9.49. The van der Waals surface area contributed by atoms with E-state index in [1.807, 2.05) is 0 Å². The predicted molar refractivity (Wildman–Crippen MR) is 58.6 cm³/mol. The van der Waals surface area contributed by atoms with Crippen molar-refractivity contribution in [3.05, 3.63) is 0 Å². The van der Waals surface area contributed by atoms with E-state index in [4.69, 9.17) is 9.47 Å². The second-order valence-electron chi connectivity index (χ2n) is 5.40. The van der Waals surface area contributed by atoms with Gasteiger partial charge in [-0.05, 0) is 38.0 Å². The van der Waals surface area contributed by atoms with Gasteiger partial charge in [0.05, 0.1) is 6.10 Å². The molecular formula is C13H22O2. The first kappa shape index (κ1) is 10.1. The lowest BCUT2D eigenvalue weighted by atomic mass is 9.91. The van der Waals surface area contributed by atoms with Crippen LogP contribution in [0, 0.1) is 5.92 Å². The fourth-order valence-corrected chi connectivity index (χ4v) is 3.24. The molecule has 15 heavy (non-hydrogen) atoms. The van der Waals surface area contributed by atoms with Gasteiger partial charge in [0.25, 0.3) is 0 Å². The van der Waals surface area contributed by atoms with Crippen molar-refractivity contribution in [1.82, 2.24) is 0 Å². The molecule has 2 saturated heterocycles. The van der Waals surface area contributed by atoms with Crippen molar-refractivity contribution >= 4 is 0 Å². The Morgan fingerprint density at radius 3 is 2.07 bits per heavy atom. The third-order valence-electron chi connectivity index (χ3n) is 4.25. The number of rotatable bonds is 1. The summed E-state index contributed by atoms with van der Waals surface area (Å²) in [5, 5.41) is 0. The third kappa shape index (κ3) is 2.36. The lowest BCUT2D eigenvalue weighted by Crippen LogP contribution is -2.24. The molecule has 2 heteroatoms. The lowest BCUT2D eigenvalue weighted by Gasteiger charge is -2.24. The van der Waals surface area contributed by atoms with E-state index in [2.05, 4.69) is 0 Å². The summed E-state index contributed by atoms with van der Waals surface area (Å²) in [7, 11) is 0. The molecule has 2 nitrogen and oxygen atoms in total. The van der Waals surface area contributed by atoms with Crippen molar-refractivity contribution in [3.8, 4) is 0 Å². The van der Waals surface area contributed by atoms with Gasteiger partial charge in [0, 0.05) is 0 Å². The number of epoxide rings is 1. The molecule has 2 aliphatic heterocycles. The average Bonchev–Trinajstić information content (AvgIpc) is 3.00. The number of ether oxygens (including phenoxy) is 2. The molecule has 1 aliphatic carbocycles. The van der Waals surface area contributed by atoms with Crippen molar-refractivity contribution in [2.75, 3.05) is 0 Å². The zero-order valence-electron chi connectivity index (χ0n) is 9.49. The van der Waals surface area contributed by atoms with Gasteiger partial charge in [-0.1, -0.05) is 25.7 Å². The van der Waals surface area contributed by atoms with Crippen LogP contribution in [0.2, 0.25) is 0 Å². The summed E-state index contributed by atoms with van der Waals surface area (Å²) < 4.78 is 11.5. The van der Waals surface area contributed by atoms with Crippen LogP contribution in [0.5, 0.6) is 0 Å². The summed E-state index contributed by atoms with van der Waals surface area (Å²) in [6.07, 6.45) is 13.5. The maximum Gasteiger partial charge on any atom is 0.184 e. The van der Waals surface area contributed by atoms with E-state index >= 15 is 0 Å². The van der Waals surface area contributed by atoms with E-state index in [1.54, 1.807) is 0 Å². The summed E-state index contributed by atoms with van der Waals surface area (Å²) in [6.45, 7) is 0. The van der Waals surface area contributed by atoms with Gasteiger partial charge in [-0.25, -0.2) is 0 Å². The van der Waals surface area contributed by atoms with E-state index in [0.717, 1.165) is 5.92 Å². The molecule has 3 atom stereocenters. The van der Waals surface area contributed by atoms with Gasteiger partial charge in [0.1, 0.15) is 6.10 Å². The van der Waals surface area contributed by atoms with Gasteiger partial charge in [-0.3, -0.25) is 0 Å². The van der Waals surface area contributed by atoms with Gasteiger partial charge in [-0.2, -0.15) is 0 Å². The van der Waals surface area contributed by atoms with Crippen LogP contribution < -0.4 is 0 Å². The van der Waals surface area contributed by atoms with E-state index < -0.39 is 0 Å². The van der Waals surface area contributed by atoms with Crippen molar-refractivity contribution < 1.29 is 9.47 Å². The van der Waals surface area contributed by atoms with Crippen molar-refractivity contribution in [3.63, 3.8) is 0 Å². The lowest BCUT2D eigenvalue weighted by molar-refractivity contribution is -0.0475. The quantitative estimate of drug-likeness (QED) is 0.489. The van der Waals surface area contributed by atoms with Gasteiger partial charge >= 0.3 is 0 Å². The first-order valence-corrected chi connectivity index (χ1v) is 6.74. The molecule has 3 fully saturated rings. The second-order valence-corrected chi connectivity index (χ2v) is 5.40. The molecular weight excluding hydrogens is 188 g/mol. The van der Waals surface area contributed by atoms with Gasteiger partial charge < -0.3 is 9.47 Å². The normalized spacial score (nSPS) is 42.8. The summed E-state index contributed by atoms with van der Waals surface area (Å²) in [6, 6.07) is 0. The molecule has 2 heterocycles. The highest BCUT2D eigenvalue weighted by Crippen LogP contribution is 2.38. The summed E-state index contributed by atoms with van der Waals surface area (Å²) >= 11 is 0. The topological polar surface area (TPSA) is 21.8 Å². The van der Waals surface area contributed by atoms with Crippen LogP contribution in [0.25, 0.3) is 0 Å². The van der Waals surface area contributed by atoms with Crippen LogP contribution in [-0.4, -0.2) is 18.5 Å². The highest BCUT2D eigenvalue weighted by Gasteiger charge is 2.44. The Morgan fingerprint density at radius 1 is 0.600 bits per heavy atom. The third-order valence-corrected chi connectivity index (χ3v) is 4.25. The van der Waals surface area contributed by atoms with E-state index in [-0.39, 0.29) is 6.29 Å². The van der Waals surface area contributed by atoms with Crippen LogP contribution in [-0.2, 0) is 9.47 Å². The molecule has 0 bridgehead atoms. The first-order chi connectivity index (χ1) is 7.43. The fraction of sp³-hybridized carbons (Fsp3) is 1.00. The number of fused-ring (bicyclic) bond motifs is 1. The number of hydrogen-bond donors (Lipinski definition) is 0. The molecule has 3 aliphatic rings. The van der Waals surface area contributed by atoms with Crippen LogP contribution in [0.4, 0.5) is 0 Å². The van der Waals surface area contributed by atoms with E-state index in [9.17, 15) is 0 Å².